The van der Waals surface area contributed by atoms with Crippen LogP contribution in [0.1, 0.15) is 23.6 Å². The first-order valence-corrected chi connectivity index (χ1v) is 6.92. The Labute approximate surface area is 119 Å². The highest BCUT2D eigenvalue weighted by atomic mass is 19.3. The Morgan fingerprint density at radius 2 is 2.05 bits per heavy atom. The molecule has 2 N–H and O–H groups in total. The second kappa shape index (κ2) is 9.00. The minimum atomic E-state index is -2.37. The molecule has 0 saturated carbocycles. The average molecular weight is 286 g/mol. The maximum atomic E-state index is 12.5. The van der Waals surface area contributed by atoms with Crippen LogP contribution in [0.3, 0.4) is 0 Å². The maximum Gasteiger partial charge on any atom is 0.251 e. The molecule has 3 nitrogen and oxygen atoms in total. The van der Waals surface area contributed by atoms with Crippen LogP contribution in [0.25, 0.3) is 0 Å². The van der Waals surface area contributed by atoms with Gasteiger partial charge in [-0.2, -0.15) is 0 Å². The monoisotopic (exact) mass is 286 g/mol. The van der Waals surface area contributed by atoms with Crippen molar-refractivity contribution >= 4 is 0 Å². The van der Waals surface area contributed by atoms with Gasteiger partial charge in [0.1, 0.15) is 0 Å². The van der Waals surface area contributed by atoms with Gasteiger partial charge in [0, 0.05) is 19.1 Å². The van der Waals surface area contributed by atoms with Crippen molar-refractivity contribution in [2.75, 3.05) is 33.3 Å². The summed E-state index contributed by atoms with van der Waals surface area (Å²) in [5.74, 6) is 0. The number of hydrogen-bond acceptors (Lipinski definition) is 3. The third-order valence-electron chi connectivity index (χ3n) is 3.34. The summed E-state index contributed by atoms with van der Waals surface area (Å²) in [5.41, 5.74) is 2.34. The molecule has 5 heteroatoms. The van der Waals surface area contributed by atoms with Gasteiger partial charge >= 0.3 is 0 Å². The summed E-state index contributed by atoms with van der Waals surface area (Å²) in [7, 11) is 1.87. The van der Waals surface area contributed by atoms with E-state index in [9.17, 15) is 8.78 Å². The lowest BCUT2D eigenvalue weighted by Crippen LogP contribution is -2.34. The Hall–Kier alpha value is -1.04. The van der Waals surface area contributed by atoms with Gasteiger partial charge in [0.15, 0.2) is 0 Å². The molecule has 0 amide bonds. The zero-order chi connectivity index (χ0) is 15.0. The summed E-state index contributed by atoms with van der Waals surface area (Å²) < 4.78 is 24.9. The standard InChI is InChI=1S/C15H24F2N2O/c1-12-4-3-5-13(10-12)14(18-2)6-7-19(8-9-20)11-15(16)17/h3-5,10,14-15,18,20H,6-9,11H2,1-2H3. The molecule has 0 spiro atoms. The smallest absolute Gasteiger partial charge is 0.251 e. The zero-order valence-corrected chi connectivity index (χ0v) is 12.1. The van der Waals surface area contributed by atoms with E-state index in [2.05, 4.69) is 11.4 Å². The van der Waals surface area contributed by atoms with E-state index < -0.39 is 6.43 Å². The first-order chi connectivity index (χ1) is 9.56. The number of aliphatic hydroxyl groups excluding tert-OH is 1. The van der Waals surface area contributed by atoms with E-state index in [-0.39, 0.29) is 25.7 Å². The largest absolute Gasteiger partial charge is 0.395 e. The molecule has 0 bridgehead atoms. The summed E-state index contributed by atoms with van der Waals surface area (Å²) in [6.07, 6.45) is -1.64. The average Bonchev–Trinajstić information content (AvgIpc) is 2.39. The van der Waals surface area contributed by atoms with E-state index in [0.29, 0.717) is 6.54 Å². The van der Waals surface area contributed by atoms with E-state index >= 15 is 0 Å². The Morgan fingerprint density at radius 1 is 1.30 bits per heavy atom. The van der Waals surface area contributed by atoms with Crippen molar-refractivity contribution in [3.63, 3.8) is 0 Å². The molecule has 0 aliphatic rings. The van der Waals surface area contributed by atoms with Gasteiger partial charge in [0.2, 0.25) is 0 Å². The van der Waals surface area contributed by atoms with Gasteiger partial charge in [0.05, 0.1) is 13.2 Å². The van der Waals surface area contributed by atoms with Crippen LogP contribution >= 0.6 is 0 Å². The van der Waals surface area contributed by atoms with Crippen LogP contribution in [0.5, 0.6) is 0 Å². The SMILES string of the molecule is CNC(CCN(CCO)CC(F)F)c1cccc(C)c1. The van der Waals surface area contributed by atoms with Gasteiger partial charge in [-0.3, -0.25) is 4.90 Å². The summed E-state index contributed by atoms with van der Waals surface area (Å²) in [4.78, 5) is 1.60. The number of benzene rings is 1. The Morgan fingerprint density at radius 3 is 2.60 bits per heavy atom. The second-order valence-electron chi connectivity index (χ2n) is 4.96. The summed E-state index contributed by atoms with van der Waals surface area (Å²) >= 11 is 0. The fourth-order valence-corrected chi connectivity index (χ4v) is 2.31. The Balaban J connectivity index is 2.58. The summed E-state index contributed by atoms with van der Waals surface area (Å²) in [5, 5.41) is 12.1. The van der Waals surface area contributed by atoms with Crippen molar-refractivity contribution in [1.82, 2.24) is 10.2 Å². The molecule has 20 heavy (non-hydrogen) atoms. The van der Waals surface area contributed by atoms with Gasteiger partial charge in [0.25, 0.3) is 6.43 Å². The van der Waals surface area contributed by atoms with E-state index in [1.807, 2.05) is 32.2 Å². The van der Waals surface area contributed by atoms with E-state index in [1.165, 1.54) is 5.56 Å². The predicted molar refractivity (Wildman–Crippen MR) is 77.1 cm³/mol. The van der Waals surface area contributed by atoms with Gasteiger partial charge in [-0.05, 0) is 26.0 Å². The quantitative estimate of drug-likeness (QED) is 0.730. The highest BCUT2D eigenvalue weighted by molar-refractivity contribution is 5.25. The third-order valence-corrected chi connectivity index (χ3v) is 3.34. The molecule has 1 atom stereocenters. The zero-order valence-electron chi connectivity index (χ0n) is 12.1. The van der Waals surface area contributed by atoms with Crippen molar-refractivity contribution in [3.8, 4) is 0 Å². The molecule has 0 aliphatic heterocycles. The minimum absolute atomic E-state index is 0.0958. The molecular formula is C15H24F2N2O. The first-order valence-electron chi connectivity index (χ1n) is 6.92. The number of nitrogens with zero attached hydrogens (tertiary/aromatic N) is 1. The Kier molecular flexibility index (Phi) is 7.65. The fraction of sp³-hybridized carbons (Fsp3) is 0.600. The topological polar surface area (TPSA) is 35.5 Å². The molecule has 1 unspecified atom stereocenters. The van der Waals surface area contributed by atoms with Crippen LogP contribution in [0, 0.1) is 6.92 Å². The fourth-order valence-electron chi connectivity index (χ4n) is 2.31. The molecule has 114 valence electrons. The molecule has 0 aliphatic carbocycles. The number of alkyl halides is 2. The Bertz CT molecular complexity index is 388. The van der Waals surface area contributed by atoms with Gasteiger partial charge in [-0.1, -0.05) is 29.8 Å². The molecule has 0 fully saturated rings. The lowest BCUT2D eigenvalue weighted by molar-refractivity contribution is 0.0763. The van der Waals surface area contributed by atoms with Crippen molar-refractivity contribution in [2.45, 2.75) is 25.8 Å². The third kappa shape index (κ3) is 5.94. The van der Waals surface area contributed by atoms with Crippen molar-refractivity contribution < 1.29 is 13.9 Å². The number of aliphatic hydroxyl groups is 1. The number of rotatable bonds is 9. The highest BCUT2D eigenvalue weighted by Crippen LogP contribution is 2.18. The van der Waals surface area contributed by atoms with E-state index in [0.717, 1.165) is 12.0 Å². The molecule has 1 aromatic rings. The second-order valence-corrected chi connectivity index (χ2v) is 4.96. The van der Waals surface area contributed by atoms with Crippen LogP contribution in [0.4, 0.5) is 8.78 Å². The normalized spacial score (nSPS) is 13.2. The molecule has 0 heterocycles. The lowest BCUT2D eigenvalue weighted by atomic mass is 10.0. The van der Waals surface area contributed by atoms with Gasteiger partial charge in [-0.25, -0.2) is 8.78 Å². The molecule has 1 aromatic carbocycles. The summed E-state index contributed by atoms with van der Waals surface area (Å²) in [6, 6.07) is 8.31. The number of aryl methyl sites for hydroxylation is 1. The van der Waals surface area contributed by atoms with Crippen molar-refractivity contribution in [1.29, 1.82) is 0 Å². The lowest BCUT2D eigenvalue weighted by Gasteiger charge is -2.24. The first kappa shape index (κ1) is 17.0. The number of nitrogens with one attached hydrogen (secondary N) is 1. The van der Waals surface area contributed by atoms with Crippen LogP contribution < -0.4 is 5.32 Å². The van der Waals surface area contributed by atoms with Crippen LogP contribution in [-0.4, -0.2) is 49.7 Å². The molecule has 0 saturated heterocycles. The molecule has 1 rings (SSSR count). The van der Waals surface area contributed by atoms with E-state index in [1.54, 1.807) is 4.90 Å². The van der Waals surface area contributed by atoms with Crippen molar-refractivity contribution in [2.24, 2.45) is 0 Å². The number of halogens is 2. The molecule has 0 aromatic heterocycles. The van der Waals surface area contributed by atoms with Gasteiger partial charge < -0.3 is 10.4 Å². The maximum absolute atomic E-state index is 12.5. The molecule has 0 radical (unpaired) electrons. The van der Waals surface area contributed by atoms with Crippen LogP contribution in [0.2, 0.25) is 0 Å². The van der Waals surface area contributed by atoms with Crippen LogP contribution in [0.15, 0.2) is 24.3 Å². The van der Waals surface area contributed by atoms with Gasteiger partial charge in [-0.15, -0.1) is 0 Å². The minimum Gasteiger partial charge on any atom is -0.395 e. The number of hydrogen-bond donors (Lipinski definition) is 2. The molecular weight excluding hydrogens is 262 g/mol. The van der Waals surface area contributed by atoms with Crippen LogP contribution in [-0.2, 0) is 0 Å². The predicted octanol–water partition coefficient (Wildman–Crippen LogP) is 2.21. The highest BCUT2D eigenvalue weighted by Gasteiger charge is 2.15. The van der Waals surface area contributed by atoms with Crippen molar-refractivity contribution in [3.05, 3.63) is 35.4 Å². The van der Waals surface area contributed by atoms with E-state index in [4.69, 9.17) is 5.11 Å². The summed E-state index contributed by atoms with van der Waals surface area (Å²) in [6.45, 7) is 2.47.